The number of hydrogen-bond donors (Lipinski definition) is 0. The number of allylic oxidation sites excluding steroid dienone is 1. The first kappa shape index (κ1) is 23.4. The van der Waals surface area contributed by atoms with E-state index >= 15 is 0 Å². The normalized spacial score (nSPS) is 18.7. The van der Waals surface area contributed by atoms with Gasteiger partial charge >= 0.3 is 0 Å². The van der Waals surface area contributed by atoms with Crippen molar-refractivity contribution in [2.24, 2.45) is 5.92 Å². The monoisotopic (exact) mass is 448 g/mol. The van der Waals surface area contributed by atoms with Crippen molar-refractivity contribution in [2.45, 2.75) is 58.3 Å². The molecule has 1 aliphatic carbocycles. The molecule has 3 heteroatoms. The van der Waals surface area contributed by atoms with Gasteiger partial charge in [0.2, 0.25) is 0 Å². The zero-order valence-electron chi connectivity index (χ0n) is 19.4. The topological polar surface area (TPSA) is 0 Å². The Morgan fingerprint density at radius 3 is 2.24 bits per heavy atom. The summed E-state index contributed by atoms with van der Waals surface area (Å²) in [6.07, 6.45) is 9.61. The number of hydrogen-bond acceptors (Lipinski definition) is 0. The van der Waals surface area contributed by atoms with E-state index in [1.54, 1.807) is 31.2 Å². The number of rotatable bonds is 6. The highest BCUT2D eigenvalue weighted by atomic mass is 19.2. The van der Waals surface area contributed by atoms with Crippen LogP contribution in [0.3, 0.4) is 0 Å². The fourth-order valence-corrected chi connectivity index (χ4v) is 4.80. The smallest absolute Gasteiger partial charge is 0.167 e. The second-order valence-electron chi connectivity index (χ2n) is 9.26. The summed E-state index contributed by atoms with van der Waals surface area (Å²) < 4.78 is 43.5. The Hall–Kier alpha value is -2.81. The minimum absolute atomic E-state index is 0.146. The molecule has 3 aromatic carbocycles. The van der Waals surface area contributed by atoms with Crippen molar-refractivity contribution in [3.8, 4) is 11.1 Å². The summed E-state index contributed by atoms with van der Waals surface area (Å²) in [6.45, 7) is 3.89. The Balaban J connectivity index is 1.41. The fraction of sp³-hybridized carbons (Fsp3) is 0.333. The van der Waals surface area contributed by atoms with Gasteiger partial charge in [-0.05, 0) is 79.2 Å². The Morgan fingerprint density at radius 2 is 1.58 bits per heavy atom. The average molecular weight is 449 g/mol. The quantitative estimate of drug-likeness (QED) is 0.353. The van der Waals surface area contributed by atoms with E-state index in [0.717, 1.165) is 44.1 Å². The van der Waals surface area contributed by atoms with Gasteiger partial charge in [0.15, 0.2) is 11.6 Å². The van der Waals surface area contributed by atoms with E-state index in [0.29, 0.717) is 28.5 Å². The van der Waals surface area contributed by atoms with Crippen molar-refractivity contribution in [1.29, 1.82) is 0 Å². The van der Waals surface area contributed by atoms with Gasteiger partial charge in [-0.2, -0.15) is 0 Å². The Kier molecular flexibility index (Phi) is 7.37. The molecule has 0 bridgehead atoms. The molecule has 0 N–H and O–H groups in total. The van der Waals surface area contributed by atoms with E-state index in [1.807, 2.05) is 42.5 Å². The zero-order valence-corrected chi connectivity index (χ0v) is 19.4. The van der Waals surface area contributed by atoms with Gasteiger partial charge < -0.3 is 0 Å². The summed E-state index contributed by atoms with van der Waals surface area (Å²) in [5, 5.41) is 0. The lowest BCUT2D eigenvalue weighted by molar-refractivity contribution is 0.376. The lowest BCUT2D eigenvalue weighted by atomic mass is 9.78. The number of aryl methyl sites for hydroxylation is 2. The van der Waals surface area contributed by atoms with Crippen LogP contribution < -0.4 is 0 Å². The standard InChI is InChI=1S/C30H31F3/c1-3-4-21-8-14-24(15-9-21)27-18-17-25(29(32)30(27)33)16-10-22-6-12-23(13-7-22)26-11-5-20(2)28(31)19-26/h5,8-11,14-19,22-23H,3-4,6-7,12-13H2,1-2H3. The molecule has 172 valence electrons. The first-order valence-electron chi connectivity index (χ1n) is 12.0. The maximum absolute atomic E-state index is 14.8. The summed E-state index contributed by atoms with van der Waals surface area (Å²) in [6, 6.07) is 16.5. The van der Waals surface area contributed by atoms with Gasteiger partial charge in [-0.15, -0.1) is 0 Å². The highest BCUT2D eigenvalue weighted by Gasteiger charge is 2.22. The largest absolute Gasteiger partial charge is 0.207 e. The van der Waals surface area contributed by atoms with Crippen LogP contribution in [0.2, 0.25) is 0 Å². The van der Waals surface area contributed by atoms with Crippen LogP contribution in [0, 0.1) is 30.3 Å². The molecule has 0 spiro atoms. The maximum atomic E-state index is 14.8. The van der Waals surface area contributed by atoms with Crippen LogP contribution in [-0.2, 0) is 6.42 Å². The predicted octanol–water partition coefficient (Wildman–Crippen LogP) is 9.02. The van der Waals surface area contributed by atoms with Crippen molar-refractivity contribution < 1.29 is 13.2 Å². The molecule has 0 nitrogen and oxygen atoms in total. The third-order valence-corrected chi connectivity index (χ3v) is 6.90. The van der Waals surface area contributed by atoms with Crippen molar-refractivity contribution in [3.05, 3.63) is 100 Å². The molecule has 3 aromatic rings. The molecular weight excluding hydrogens is 417 g/mol. The average Bonchev–Trinajstić information content (AvgIpc) is 2.83. The summed E-state index contributed by atoms with van der Waals surface area (Å²) >= 11 is 0. The zero-order chi connectivity index (χ0) is 23.4. The second kappa shape index (κ2) is 10.4. The van der Waals surface area contributed by atoms with Crippen LogP contribution in [0.25, 0.3) is 17.2 Å². The Labute approximate surface area is 195 Å². The van der Waals surface area contributed by atoms with E-state index in [-0.39, 0.29) is 11.4 Å². The maximum Gasteiger partial charge on any atom is 0.167 e. The summed E-state index contributed by atoms with van der Waals surface area (Å²) in [5.74, 6) is -1.06. The molecule has 0 aromatic heterocycles. The molecule has 33 heavy (non-hydrogen) atoms. The van der Waals surface area contributed by atoms with Gasteiger partial charge in [-0.3, -0.25) is 0 Å². The predicted molar refractivity (Wildman–Crippen MR) is 131 cm³/mol. The summed E-state index contributed by atoms with van der Waals surface area (Å²) in [7, 11) is 0. The van der Waals surface area contributed by atoms with Gasteiger partial charge in [0, 0.05) is 11.1 Å². The molecule has 0 atom stereocenters. The first-order chi connectivity index (χ1) is 16.0. The highest BCUT2D eigenvalue weighted by molar-refractivity contribution is 5.67. The van der Waals surface area contributed by atoms with Crippen molar-refractivity contribution in [2.75, 3.05) is 0 Å². The lowest BCUT2D eigenvalue weighted by Crippen LogP contribution is -2.12. The van der Waals surface area contributed by atoms with E-state index in [9.17, 15) is 13.2 Å². The van der Waals surface area contributed by atoms with Crippen LogP contribution in [-0.4, -0.2) is 0 Å². The molecule has 1 saturated carbocycles. The van der Waals surface area contributed by atoms with Crippen LogP contribution in [0.15, 0.2) is 60.7 Å². The van der Waals surface area contributed by atoms with E-state index < -0.39 is 11.6 Å². The van der Waals surface area contributed by atoms with E-state index in [2.05, 4.69) is 6.92 Å². The SMILES string of the molecule is CCCc1ccc(-c2ccc(C=CC3CCC(c4ccc(C)c(F)c4)CC3)c(F)c2F)cc1. The number of halogens is 3. The molecule has 0 aliphatic heterocycles. The van der Waals surface area contributed by atoms with Gasteiger partial charge in [0.05, 0.1) is 0 Å². The molecular formula is C30H31F3. The molecule has 0 unspecified atom stereocenters. The Morgan fingerprint density at radius 1 is 0.848 bits per heavy atom. The van der Waals surface area contributed by atoms with Crippen LogP contribution >= 0.6 is 0 Å². The molecule has 1 aliphatic rings. The minimum atomic E-state index is -0.801. The van der Waals surface area contributed by atoms with Gasteiger partial charge in [0.25, 0.3) is 0 Å². The molecule has 4 rings (SSSR count). The molecule has 0 amide bonds. The van der Waals surface area contributed by atoms with Crippen LogP contribution in [0.5, 0.6) is 0 Å². The summed E-state index contributed by atoms with van der Waals surface area (Å²) in [5.41, 5.74) is 4.19. The number of benzene rings is 3. The van der Waals surface area contributed by atoms with E-state index in [1.165, 1.54) is 5.56 Å². The third-order valence-electron chi connectivity index (χ3n) is 6.90. The molecule has 1 fully saturated rings. The minimum Gasteiger partial charge on any atom is -0.207 e. The van der Waals surface area contributed by atoms with Gasteiger partial charge in [0.1, 0.15) is 5.82 Å². The molecule has 0 saturated heterocycles. The van der Waals surface area contributed by atoms with Crippen molar-refractivity contribution >= 4 is 6.08 Å². The third kappa shape index (κ3) is 5.40. The van der Waals surface area contributed by atoms with Crippen LogP contribution in [0.1, 0.15) is 67.2 Å². The van der Waals surface area contributed by atoms with Gasteiger partial charge in [-0.25, -0.2) is 13.2 Å². The van der Waals surface area contributed by atoms with Gasteiger partial charge in [-0.1, -0.05) is 74.0 Å². The molecule has 0 radical (unpaired) electrons. The van der Waals surface area contributed by atoms with Crippen LogP contribution in [0.4, 0.5) is 13.2 Å². The van der Waals surface area contributed by atoms with E-state index in [4.69, 9.17) is 0 Å². The Bertz CT molecular complexity index is 1120. The highest BCUT2D eigenvalue weighted by Crippen LogP contribution is 2.37. The molecule has 0 heterocycles. The first-order valence-corrected chi connectivity index (χ1v) is 12.0. The lowest BCUT2D eigenvalue weighted by Gasteiger charge is -2.27. The fourth-order valence-electron chi connectivity index (χ4n) is 4.80. The van der Waals surface area contributed by atoms with Crippen molar-refractivity contribution in [1.82, 2.24) is 0 Å². The summed E-state index contributed by atoms with van der Waals surface area (Å²) in [4.78, 5) is 0. The van der Waals surface area contributed by atoms with Crippen molar-refractivity contribution in [3.63, 3.8) is 0 Å². The second-order valence-corrected chi connectivity index (χ2v) is 9.26.